The topological polar surface area (TPSA) is 79.5 Å². The van der Waals surface area contributed by atoms with Gasteiger partial charge in [-0.15, -0.1) is 0 Å². The summed E-state index contributed by atoms with van der Waals surface area (Å²) in [5.41, 5.74) is 6.47. The number of aromatic nitrogens is 1. The lowest BCUT2D eigenvalue weighted by Gasteiger charge is -2.29. The summed E-state index contributed by atoms with van der Waals surface area (Å²) in [6.07, 6.45) is 5.26. The molecular formula is C13H18ClN3O2. The number of carbonyl (C=O) groups excluding carboxylic acids is 1. The van der Waals surface area contributed by atoms with Crippen LogP contribution in [0.5, 0.6) is 0 Å². The molecule has 2 heterocycles. The van der Waals surface area contributed by atoms with Crippen molar-refractivity contribution >= 4 is 23.2 Å². The van der Waals surface area contributed by atoms with Crippen molar-refractivity contribution in [2.45, 2.75) is 31.7 Å². The molecule has 0 radical (unpaired) electrons. The molecule has 0 aromatic carbocycles. The number of halogens is 1. The summed E-state index contributed by atoms with van der Waals surface area (Å²) in [6.45, 7) is 0.619. The first-order valence-electron chi connectivity index (χ1n) is 6.46. The summed E-state index contributed by atoms with van der Waals surface area (Å²) in [5, 5.41) is 9.69. The maximum absolute atomic E-state index is 12.5. The fourth-order valence-corrected chi connectivity index (χ4v) is 2.57. The molecule has 5 nitrogen and oxygen atoms in total. The molecule has 0 saturated carbocycles. The molecule has 0 spiro atoms. The van der Waals surface area contributed by atoms with Crippen molar-refractivity contribution in [3.05, 3.63) is 23.0 Å². The fourth-order valence-electron chi connectivity index (χ4n) is 2.41. The lowest BCUT2D eigenvalue weighted by atomic mass is 10.1. The van der Waals surface area contributed by atoms with E-state index in [2.05, 4.69) is 4.98 Å². The van der Waals surface area contributed by atoms with E-state index in [-0.39, 0.29) is 23.7 Å². The minimum atomic E-state index is -0.178. The summed E-state index contributed by atoms with van der Waals surface area (Å²) >= 11 is 5.82. The molecule has 0 bridgehead atoms. The molecule has 2 rings (SSSR count). The normalized spacial score (nSPS) is 20.1. The lowest BCUT2D eigenvalue weighted by Crippen LogP contribution is -2.42. The van der Waals surface area contributed by atoms with Gasteiger partial charge in [0.2, 0.25) is 0 Å². The van der Waals surface area contributed by atoms with Crippen molar-refractivity contribution < 1.29 is 9.90 Å². The van der Waals surface area contributed by atoms with Gasteiger partial charge in [0.05, 0.1) is 30.1 Å². The minimum absolute atomic E-state index is 0.0234. The molecule has 1 fully saturated rings. The van der Waals surface area contributed by atoms with Crippen molar-refractivity contribution in [2.75, 3.05) is 18.9 Å². The van der Waals surface area contributed by atoms with E-state index in [4.69, 9.17) is 17.3 Å². The van der Waals surface area contributed by atoms with Crippen LogP contribution in [0.1, 0.15) is 36.0 Å². The largest absolute Gasteiger partial charge is 0.397 e. The molecule has 1 aliphatic heterocycles. The highest BCUT2D eigenvalue weighted by Gasteiger charge is 2.27. The Morgan fingerprint density at radius 3 is 3.05 bits per heavy atom. The number of likely N-dealkylation sites (tertiary alicyclic amines) is 1. The van der Waals surface area contributed by atoms with Gasteiger partial charge in [0.1, 0.15) is 5.15 Å². The van der Waals surface area contributed by atoms with Crippen molar-refractivity contribution in [1.82, 2.24) is 9.88 Å². The monoisotopic (exact) mass is 283 g/mol. The molecule has 104 valence electrons. The van der Waals surface area contributed by atoms with Gasteiger partial charge in [-0.25, -0.2) is 4.98 Å². The second kappa shape index (κ2) is 6.21. The third-order valence-electron chi connectivity index (χ3n) is 3.48. The number of aliphatic hydroxyl groups is 1. The van der Waals surface area contributed by atoms with Crippen LogP contribution < -0.4 is 5.73 Å². The lowest BCUT2D eigenvalue weighted by molar-refractivity contribution is 0.0601. The van der Waals surface area contributed by atoms with Gasteiger partial charge in [0.15, 0.2) is 0 Å². The van der Waals surface area contributed by atoms with E-state index in [1.54, 1.807) is 4.90 Å². The molecule has 0 aliphatic carbocycles. The van der Waals surface area contributed by atoms with Crippen molar-refractivity contribution in [2.24, 2.45) is 0 Å². The molecule has 1 saturated heterocycles. The van der Waals surface area contributed by atoms with E-state index < -0.39 is 0 Å². The van der Waals surface area contributed by atoms with Crippen molar-refractivity contribution in [3.63, 3.8) is 0 Å². The number of hydrogen-bond donors (Lipinski definition) is 2. The Hall–Kier alpha value is -1.33. The molecule has 19 heavy (non-hydrogen) atoms. The number of nitrogens with two attached hydrogens (primary N) is 1. The van der Waals surface area contributed by atoms with Crippen LogP contribution in [0.4, 0.5) is 5.69 Å². The first-order chi connectivity index (χ1) is 9.13. The second-order valence-corrected chi connectivity index (χ2v) is 5.17. The Balaban J connectivity index is 2.27. The maximum Gasteiger partial charge on any atom is 0.256 e. The van der Waals surface area contributed by atoms with Gasteiger partial charge in [0, 0.05) is 6.54 Å². The summed E-state index contributed by atoms with van der Waals surface area (Å²) in [7, 11) is 0. The van der Waals surface area contributed by atoms with E-state index in [1.165, 1.54) is 12.3 Å². The second-order valence-electron chi connectivity index (χ2n) is 4.78. The molecular weight excluding hydrogens is 266 g/mol. The highest BCUT2D eigenvalue weighted by Crippen LogP contribution is 2.22. The zero-order valence-corrected chi connectivity index (χ0v) is 11.4. The van der Waals surface area contributed by atoms with Gasteiger partial charge in [-0.1, -0.05) is 24.4 Å². The van der Waals surface area contributed by atoms with Gasteiger partial charge < -0.3 is 15.7 Å². The Morgan fingerprint density at radius 2 is 2.32 bits per heavy atom. The van der Waals surface area contributed by atoms with Gasteiger partial charge in [-0.05, 0) is 18.9 Å². The van der Waals surface area contributed by atoms with Crippen LogP contribution in [0, 0.1) is 0 Å². The molecule has 1 amide bonds. The van der Waals surface area contributed by atoms with Crippen LogP contribution in [0.3, 0.4) is 0 Å². The Morgan fingerprint density at radius 1 is 1.53 bits per heavy atom. The smallest absolute Gasteiger partial charge is 0.256 e. The van der Waals surface area contributed by atoms with E-state index in [0.29, 0.717) is 17.8 Å². The van der Waals surface area contributed by atoms with Crippen molar-refractivity contribution in [3.8, 4) is 0 Å². The SMILES string of the molecule is Nc1cnc(Cl)cc1C(=O)N1CCCCCC1CO. The Bertz CT molecular complexity index is 467. The number of aliphatic hydroxyl groups excluding tert-OH is 1. The Kier molecular flexibility index (Phi) is 4.61. The average Bonchev–Trinajstić information content (AvgIpc) is 2.65. The average molecular weight is 284 g/mol. The van der Waals surface area contributed by atoms with Crippen LogP contribution in [-0.2, 0) is 0 Å². The highest BCUT2D eigenvalue weighted by atomic mass is 35.5. The Labute approximate surface area is 117 Å². The van der Waals surface area contributed by atoms with E-state index >= 15 is 0 Å². The number of nitrogen functional groups attached to an aromatic ring is 1. The zero-order valence-electron chi connectivity index (χ0n) is 10.7. The molecule has 3 N–H and O–H groups in total. The molecule has 1 aromatic rings. The van der Waals surface area contributed by atoms with Crippen LogP contribution in [0.15, 0.2) is 12.3 Å². The van der Waals surface area contributed by atoms with E-state index in [1.807, 2.05) is 0 Å². The highest BCUT2D eigenvalue weighted by molar-refractivity contribution is 6.29. The standard InChI is InChI=1S/C13H18ClN3O2/c14-12-6-10(11(15)7-16-12)13(19)17-5-3-1-2-4-9(17)8-18/h6-7,9,18H,1-5,8,15H2. The number of pyridine rings is 1. The van der Waals surface area contributed by atoms with Gasteiger partial charge in [0.25, 0.3) is 5.91 Å². The summed E-state index contributed by atoms with van der Waals surface area (Å²) in [6, 6.07) is 1.35. The van der Waals surface area contributed by atoms with Crippen LogP contribution in [0.25, 0.3) is 0 Å². The number of amides is 1. The van der Waals surface area contributed by atoms with Crippen LogP contribution in [-0.4, -0.2) is 40.1 Å². The zero-order chi connectivity index (χ0) is 13.8. The third-order valence-corrected chi connectivity index (χ3v) is 3.69. The first-order valence-corrected chi connectivity index (χ1v) is 6.84. The fraction of sp³-hybridized carbons (Fsp3) is 0.538. The predicted octanol–water partition coefficient (Wildman–Crippen LogP) is 1.69. The number of hydrogen-bond acceptors (Lipinski definition) is 4. The van der Waals surface area contributed by atoms with Gasteiger partial charge in [-0.2, -0.15) is 0 Å². The molecule has 6 heteroatoms. The number of anilines is 1. The summed E-state index contributed by atoms with van der Waals surface area (Å²) < 4.78 is 0. The molecule has 1 unspecified atom stereocenters. The number of rotatable bonds is 2. The molecule has 1 aliphatic rings. The summed E-state index contributed by atoms with van der Waals surface area (Å²) in [4.78, 5) is 18.1. The maximum atomic E-state index is 12.5. The van der Waals surface area contributed by atoms with Gasteiger partial charge >= 0.3 is 0 Å². The molecule has 1 atom stereocenters. The first kappa shape index (κ1) is 14.1. The number of nitrogens with zero attached hydrogens (tertiary/aromatic N) is 2. The number of carbonyl (C=O) groups is 1. The quantitative estimate of drug-likeness (QED) is 0.810. The van der Waals surface area contributed by atoms with Crippen LogP contribution >= 0.6 is 11.6 Å². The third kappa shape index (κ3) is 3.16. The predicted molar refractivity (Wildman–Crippen MR) is 74.0 cm³/mol. The summed E-state index contributed by atoms with van der Waals surface area (Å²) in [5.74, 6) is -0.178. The van der Waals surface area contributed by atoms with Crippen molar-refractivity contribution in [1.29, 1.82) is 0 Å². The van der Waals surface area contributed by atoms with E-state index in [0.717, 1.165) is 25.7 Å². The van der Waals surface area contributed by atoms with E-state index in [9.17, 15) is 9.90 Å². The molecule has 1 aromatic heterocycles. The van der Waals surface area contributed by atoms with Crippen LogP contribution in [0.2, 0.25) is 5.15 Å². The minimum Gasteiger partial charge on any atom is -0.397 e. The van der Waals surface area contributed by atoms with Gasteiger partial charge in [-0.3, -0.25) is 4.79 Å².